The van der Waals surface area contributed by atoms with E-state index in [1.54, 1.807) is 19.3 Å². The Hall–Kier alpha value is -0.0400. The first-order valence-corrected chi connectivity index (χ1v) is 7.37. The minimum Gasteiger partial charge on any atom is -0.381 e. The van der Waals surface area contributed by atoms with Gasteiger partial charge in [-0.1, -0.05) is 13.3 Å². The van der Waals surface area contributed by atoms with E-state index in [-0.39, 0.29) is 0 Å². The molecule has 0 saturated heterocycles. The van der Waals surface area contributed by atoms with Crippen molar-refractivity contribution in [1.29, 1.82) is 0 Å². The molecule has 16 heavy (non-hydrogen) atoms. The van der Waals surface area contributed by atoms with Gasteiger partial charge in [-0.05, 0) is 68.1 Å². The summed E-state index contributed by atoms with van der Waals surface area (Å²) in [7, 11) is 0. The summed E-state index contributed by atoms with van der Waals surface area (Å²) >= 11 is 0. The molecule has 0 heterocycles. The van der Waals surface area contributed by atoms with Crippen molar-refractivity contribution in [2.24, 2.45) is 23.2 Å². The van der Waals surface area contributed by atoms with E-state index in [1.165, 1.54) is 32.1 Å². The fraction of sp³-hybridized carbons (Fsp3) is 1.00. The van der Waals surface area contributed by atoms with Gasteiger partial charge in [0.25, 0.3) is 0 Å². The van der Waals surface area contributed by atoms with Crippen LogP contribution >= 0.6 is 0 Å². The molecule has 0 amide bonds. The molecule has 92 valence electrons. The zero-order valence-electron chi connectivity index (χ0n) is 10.7. The Morgan fingerprint density at radius 2 is 1.56 bits per heavy atom. The number of unbranched alkanes of at least 4 members (excludes halogenated alkanes) is 1. The fourth-order valence-corrected chi connectivity index (χ4v) is 5.00. The molecule has 4 aliphatic rings. The van der Waals surface area contributed by atoms with E-state index in [1.807, 2.05) is 0 Å². The van der Waals surface area contributed by atoms with E-state index in [9.17, 15) is 0 Å². The Morgan fingerprint density at radius 1 is 1.00 bits per heavy atom. The van der Waals surface area contributed by atoms with Crippen molar-refractivity contribution in [1.82, 2.24) is 0 Å². The van der Waals surface area contributed by atoms with Gasteiger partial charge in [0, 0.05) is 6.61 Å². The average molecular weight is 222 g/mol. The second-order valence-corrected chi connectivity index (χ2v) is 6.82. The summed E-state index contributed by atoms with van der Waals surface area (Å²) in [6.07, 6.45) is 11.6. The van der Waals surface area contributed by atoms with Crippen LogP contribution in [0.25, 0.3) is 0 Å². The fourth-order valence-electron chi connectivity index (χ4n) is 5.00. The Balaban J connectivity index is 1.56. The molecular formula is C15H26O. The third-order valence-corrected chi connectivity index (χ3v) is 5.22. The van der Waals surface area contributed by atoms with E-state index in [4.69, 9.17) is 4.74 Å². The third kappa shape index (κ3) is 2.03. The largest absolute Gasteiger partial charge is 0.381 e. The van der Waals surface area contributed by atoms with Gasteiger partial charge < -0.3 is 4.74 Å². The van der Waals surface area contributed by atoms with Crippen molar-refractivity contribution >= 4 is 0 Å². The van der Waals surface area contributed by atoms with Crippen LogP contribution in [0.4, 0.5) is 0 Å². The molecule has 4 fully saturated rings. The lowest BCUT2D eigenvalue weighted by Crippen LogP contribution is -2.48. The van der Waals surface area contributed by atoms with Crippen LogP contribution in [-0.2, 0) is 4.74 Å². The van der Waals surface area contributed by atoms with Crippen LogP contribution in [-0.4, -0.2) is 13.2 Å². The topological polar surface area (TPSA) is 9.23 Å². The van der Waals surface area contributed by atoms with Gasteiger partial charge in [-0.25, -0.2) is 0 Å². The molecule has 4 saturated carbocycles. The van der Waals surface area contributed by atoms with Gasteiger partial charge in [-0.2, -0.15) is 0 Å². The molecule has 4 aliphatic carbocycles. The molecular weight excluding hydrogens is 196 g/mol. The first-order valence-electron chi connectivity index (χ1n) is 7.37. The first kappa shape index (κ1) is 11.1. The molecule has 0 radical (unpaired) electrons. The van der Waals surface area contributed by atoms with Crippen molar-refractivity contribution in [3.05, 3.63) is 0 Å². The Morgan fingerprint density at radius 3 is 2.06 bits per heavy atom. The van der Waals surface area contributed by atoms with Crippen LogP contribution in [0.5, 0.6) is 0 Å². The molecule has 1 nitrogen and oxygen atoms in total. The molecule has 1 heteroatoms. The number of hydrogen-bond donors (Lipinski definition) is 0. The Bertz CT molecular complexity index is 211. The number of rotatable bonds is 5. The van der Waals surface area contributed by atoms with E-state index < -0.39 is 0 Å². The zero-order chi connectivity index (χ0) is 11.0. The summed E-state index contributed by atoms with van der Waals surface area (Å²) < 4.78 is 5.96. The van der Waals surface area contributed by atoms with Crippen LogP contribution in [0, 0.1) is 23.2 Å². The highest BCUT2D eigenvalue weighted by Crippen LogP contribution is 2.59. The first-order chi connectivity index (χ1) is 7.80. The highest BCUT2D eigenvalue weighted by molar-refractivity contribution is 5.01. The van der Waals surface area contributed by atoms with Gasteiger partial charge >= 0.3 is 0 Å². The Labute approximate surface area is 99.9 Å². The number of ether oxygens (including phenoxy) is 1. The van der Waals surface area contributed by atoms with Gasteiger partial charge in [-0.15, -0.1) is 0 Å². The van der Waals surface area contributed by atoms with Crippen LogP contribution < -0.4 is 0 Å². The van der Waals surface area contributed by atoms with Crippen LogP contribution in [0.1, 0.15) is 58.3 Å². The van der Waals surface area contributed by atoms with Gasteiger partial charge in [0.2, 0.25) is 0 Å². The van der Waals surface area contributed by atoms with E-state index in [0.717, 1.165) is 31.0 Å². The molecule has 0 unspecified atom stereocenters. The van der Waals surface area contributed by atoms with Gasteiger partial charge in [0.05, 0.1) is 6.61 Å². The molecule has 0 aliphatic heterocycles. The summed E-state index contributed by atoms with van der Waals surface area (Å²) in [5.74, 6) is 3.21. The minimum atomic E-state index is 0.627. The van der Waals surface area contributed by atoms with Crippen molar-refractivity contribution in [2.45, 2.75) is 58.3 Å². The second-order valence-electron chi connectivity index (χ2n) is 6.82. The number of hydrogen-bond acceptors (Lipinski definition) is 1. The van der Waals surface area contributed by atoms with Crippen LogP contribution in [0.15, 0.2) is 0 Å². The summed E-state index contributed by atoms with van der Waals surface area (Å²) in [5.41, 5.74) is 0.627. The van der Waals surface area contributed by atoms with Crippen molar-refractivity contribution in [2.75, 3.05) is 13.2 Å². The lowest BCUT2D eigenvalue weighted by atomic mass is 9.50. The van der Waals surface area contributed by atoms with Crippen molar-refractivity contribution < 1.29 is 4.74 Å². The van der Waals surface area contributed by atoms with Gasteiger partial charge in [-0.3, -0.25) is 0 Å². The Kier molecular flexibility index (Phi) is 2.99. The van der Waals surface area contributed by atoms with Gasteiger partial charge in [0.1, 0.15) is 0 Å². The van der Waals surface area contributed by atoms with Gasteiger partial charge in [0.15, 0.2) is 0 Å². The molecule has 0 atom stereocenters. The molecule has 0 aromatic rings. The van der Waals surface area contributed by atoms with Crippen molar-refractivity contribution in [3.8, 4) is 0 Å². The van der Waals surface area contributed by atoms with Crippen LogP contribution in [0.2, 0.25) is 0 Å². The third-order valence-electron chi connectivity index (χ3n) is 5.22. The monoisotopic (exact) mass is 222 g/mol. The summed E-state index contributed by atoms with van der Waals surface area (Å²) in [5, 5.41) is 0. The summed E-state index contributed by atoms with van der Waals surface area (Å²) in [6.45, 7) is 4.32. The lowest BCUT2D eigenvalue weighted by Gasteiger charge is -2.56. The maximum absolute atomic E-state index is 5.96. The molecule has 4 rings (SSSR count). The quantitative estimate of drug-likeness (QED) is 0.638. The van der Waals surface area contributed by atoms with E-state index in [0.29, 0.717) is 5.41 Å². The molecule has 4 bridgehead atoms. The molecule has 0 aromatic carbocycles. The standard InChI is InChI=1S/C15H26O/c1-2-3-4-16-11-15-8-12-5-13(9-15)7-14(6-12)10-15/h12-14H,2-11H2,1H3. The summed E-state index contributed by atoms with van der Waals surface area (Å²) in [4.78, 5) is 0. The van der Waals surface area contributed by atoms with E-state index in [2.05, 4.69) is 6.92 Å². The second kappa shape index (κ2) is 4.33. The molecule has 0 aromatic heterocycles. The minimum absolute atomic E-state index is 0.627. The van der Waals surface area contributed by atoms with Crippen molar-refractivity contribution in [3.63, 3.8) is 0 Å². The predicted octanol–water partition coefficient (Wildman–Crippen LogP) is 4.02. The average Bonchev–Trinajstić information content (AvgIpc) is 2.22. The summed E-state index contributed by atoms with van der Waals surface area (Å²) in [6, 6.07) is 0. The normalized spacial score (nSPS) is 45.2. The zero-order valence-corrected chi connectivity index (χ0v) is 10.7. The lowest BCUT2D eigenvalue weighted by molar-refractivity contribution is -0.0965. The maximum atomic E-state index is 5.96. The van der Waals surface area contributed by atoms with Crippen LogP contribution in [0.3, 0.4) is 0 Å². The smallest absolute Gasteiger partial charge is 0.0522 e. The maximum Gasteiger partial charge on any atom is 0.0522 e. The molecule has 0 spiro atoms. The van der Waals surface area contributed by atoms with E-state index >= 15 is 0 Å². The highest BCUT2D eigenvalue weighted by atomic mass is 16.5. The highest BCUT2D eigenvalue weighted by Gasteiger charge is 2.50. The SMILES string of the molecule is CCCCOCC12CC3CC(CC(C3)C1)C2. The molecule has 0 N–H and O–H groups in total. The predicted molar refractivity (Wildman–Crippen MR) is 66.3 cm³/mol.